The van der Waals surface area contributed by atoms with Gasteiger partial charge in [-0.3, -0.25) is 9.59 Å². The Balaban J connectivity index is 2.05. The van der Waals surface area contributed by atoms with Crippen LogP contribution < -0.4 is 9.47 Å². The number of benzene rings is 2. The fraction of sp³-hybridized carbons (Fsp3) is 0.238. The molecule has 0 aliphatic heterocycles. The van der Waals surface area contributed by atoms with E-state index in [9.17, 15) is 14.7 Å². The molecule has 0 atom stereocenters. The number of halogens is 1. The van der Waals surface area contributed by atoms with Crippen molar-refractivity contribution in [3.63, 3.8) is 0 Å². The van der Waals surface area contributed by atoms with Gasteiger partial charge in [0, 0.05) is 19.7 Å². The molecule has 6 nitrogen and oxygen atoms in total. The SMILES string of the molecule is CCOc1cc(/C=C/C(=O)c2ccc(OCC(=O)N(C)C)cc2)cc(Cl)c1O. The van der Waals surface area contributed by atoms with E-state index in [1.165, 1.54) is 11.0 Å². The molecule has 0 saturated carbocycles. The van der Waals surface area contributed by atoms with E-state index in [-0.39, 0.29) is 34.8 Å². The zero-order valence-corrected chi connectivity index (χ0v) is 16.7. The zero-order valence-electron chi connectivity index (χ0n) is 15.9. The van der Waals surface area contributed by atoms with Crippen molar-refractivity contribution in [3.05, 3.63) is 58.6 Å². The lowest BCUT2D eigenvalue weighted by atomic mass is 10.1. The lowest BCUT2D eigenvalue weighted by Crippen LogP contribution is -2.27. The first-order valence-corrected chi connectivity index (χ1v) is 9.00. The molecule has 2 rings (SSSR count). The van der Waals surface area contributed by atoms with E-state index in [0.29, 0.717) is 23.5 Å². The summed E-state index contributed by atoms with van der Waals surface area (Å²) in [5.41, 5.74) is 1.10. The predicted octanol–water partition coefficient (Wildman–Crippen LogP) is 3.81. The summed E-state index contributed by atoms with van der Waals surface area (Å²) in [6.45, 7) is 2.11. The molecule has 28 heavy (non-hydrogen) atoms. The lowest BCUT2D eigenvalue weighted by molar-refractivity contribution is -0.130. The molecule has 0 spiro atoms. The molecule has 148 valence electrons. The number of aromatic hydroxyl groups is 1. The summed E-state index contributed by atoms with van der Waals surface area (Å²) in [6, 6.07) is 9.66. The maximum absolute atomic E-state index is 12.3. The van der Waals surface area contributed by atoms with E-state index in [1.54, 1.807) is 63.5 Å². The van der Waals surface area contributed by atoms with Crippen molar-refractivity contribution in [1.29, 1.82) is 0 Å². The molecule has 2 aromatic rings. The molecule has 0 bridgehead atoms. The molecule has 0 aliphatic carbocycles. The van der Waals surface area contributed by atoms with Gasteiger partial charge in [0.2, 0.25) is 0 Å². The van der Waals surface area contributed by atoms with Crippen LogP contribution in [-0.4, -0.2) is 49.0 Å². The molecule has 1 amide bonds. The van der Waals surface area contributed by atoms with Crippen LogP contribution in [-0.2, 0) is 4.79 Å². The molecule has 0 radical (unpaired) electrons. The minimum atomic E-state index is -0.210. The Morgan fingerprint density at radius 2 is 1.82 bits per heavy atom. The van der Waals surface area contributed by atoms with Crippen LogP contribution in [0.25, 0.3) is 6.08 Å². The van der Waals surface area contributed by atoms with Crippen LogP contribution in [0.4, 0.5) is 0 Å². The summed E-state index contributed by atoms with van der Waals surface area (Å²) in [5, 5.41) is 10.0. The summed E-state index contributed by atoms with van der Waals surface area (Å²) < 4.78 is 10.7. The van der Waals surface area contributed by atoms with E-state index in [2.05, 4.69) is 0 Å². The number of carbonyl (C=O) groups is 2. The number of allylic oxidation sites excluding steroid dienone is 1. The molecule has 0 aliphatic rings. The highest BCUT2D eigenvalue weighted by atomic mass is 35.5. The summed E-state index contributed by atoms with van der Waals surface area (Å²) >= 11 is 5.99. The second-order valence-electron chi connectivity index (χ2n) is 6.08. The number of phenols is 1. The summed E-state index contributed by atoms with van der Waals surface area (Å²) in [5.74, 6) is 0.272. The number of phenolic OH excluding ortho intramolecular Hbond substituents is 1. The third kappa shape index (κ3) is 5.76. The topological polar surface area (TPSA) is 76.1 Å². The number of ketones is 1. The summed E-state index contributed by atoms with van der Waals surface area (Å²) in [7, 11) is 3.30. The number of rotatable bonds is 8. The van der Waals surface area contributed by atoms with Crippen molar-refractivity contribution in [2.75, 3.05) is 27.3 Å². The highest BCUT2D eigenvalue weighted by molar-refractivity contribution is 6.32. The Morgan fingerprint density at radius 1 is 1.14 bits per heavy atom. The third-order valence-electron chi connectivity index (χ3n) is 3.78. The van der Waals surface area contributed by atoms with E-state index in [0.717, 1.165) is 0 Å². The predicted molar refractivity (Wildman–Crippen MR) is 108 cm³/mol. The van der Waals surface area contributed by atoms with Crippen LogP contribution in [0.1, 0.15) is 22.8 Å². The van der Waals surface area contributed by atoms with Crippen LogP contribution in [0.5, 0.6) is 17.2 Å². The number of hydrogen-bond donors (Lipinski definition) is 1. The van der Waals surface area contributed by atoms with Crippen molar-refractivity contribution >= 4 is 29.4 Å². The van der Waals surface area contributed by atoms with E-state index < -0.39 is 0 Å². The Kier molecular flexibility index (Phi) is 7.46. The van der Waals surface area contributed by atoms with E-state index in [4.69, 9.17) is 21.1 Å². The van der Waals surface area contributed by atoms with Crippen molar-refractivity contribution in [3.8, 4) is 17.2 Å². The minimum absolute atomic E-state index is 0.0655. The van der Waals surface area contributed by atoms with Crippen LogP contribution in [0, 0.1) is 0 Å². The first-order valence-electron chi connectivity index (χ1n) is 8.62. The van der Waals surface area contributed by atoms with Gasteiger partial charge in [-0.2, -0.15) is 0 Å². The van der Waals surface area contributed by atoms with Gasteiger partial charge in [0.25, 0.3) is 5.91 Å². The summed E-state index contributed by atoms with van der Waals surface area (Å²) in [6.07, 6.45) is 3.00. The van der Waals surface area contributed by atoms with Gasteiger partial charge in [-0.05, 0) is 55.0 Å². The first-order chi connectivity index (χ1) is 13.3. The number of likely N-dealkylation sites (N-methyl/N-ethyl adjacent to an activating group) is 1. The molecule has 0 saturated heterocycles. The van der Waals surface area contributed by atoms with Crippen LogP contribution in [0.3, 0.4) is 0 Å². The molecule has 1 N–H and O–H groups in total. The third-order valence-corrected chi connectivity index (χ3v) is 4.07. The number of hydrogen-bond acceptors (Lipinski definition) is 5. The molecule has 0 fully saturated rings. The van der Waals surface area contributed by atoms with E-state index >= 15 is 0 Å². The number of ether oxygens (including phenoxy) is 2. The Labute approximate surface area is 168 Å². The number of carbonyl (C=O) groups excluding carboxylic acids is 2. The smallest absolute Gasteiger partial charge is 0.259 e. The van der Waals surface area contributed by atoms with Gasteiger partial charge in [-0.15, -0.1) is 0 Å². The molecular formula is C21H22ClNO5. The molecule has 0 heterocycles. The van der Waals surface area contributed by atoms with Gasteiger partial charge in [0.05, 0.1) is 11.6 Å². The largest absolute Gasteiger partial charge is 0.503 e. The molecule has 7 heteroatoms. The van der Waals surface area contributed by atoms with Gasteiger partial charge in [-0.25, -0.2) is 0 Å². The quantitative estimate of drug-likeness (QED) is 0.535. The van der Waals surface area contributed by atoms with Crippen LogP contribution in [0.15, 0.2) is 42.5 Å². The Bertz CT molecular complexity index is 875. The number of nitrogens with zero attached hydrogens (tertiary/aromatic N) is 1. The summed E-state index contributed by atoms with van der Waals surface area (Å²) in [4.78, 5) is 25.3. The second kappa shape index (κ2) is 9.80. The molecule has 2 aromatic carbocycles. The molecular weight excluding hydrogens is 382 g/mol. The second-order valence-corrected chi connectivity index (χ2v) is 6.49. The standard InChI is InChI=1S/C21H22ClNO5/c1-4-27-19-12-14(11-17(22)21(19)26)5-10-18(24)15-6-8-16(9-7-15)28-13-20(25)23(2)3/h5-12,26H,4,13H2,1-3H3/b10-5+. The Morgan fingerprint density at radius 3 is 2.43 bits per heavy atom. The fourth-order valence-corrected chi connectivity index (χ4v) is 2.43. The van der Waals surface area contributed by atoms with Gasteiger partial charge < -0.3 is 19.5 Å². The van der Waals surface area contributed by atoms with Crippen molar-refractivity contribution in [1.82, 2.24) is 4.90 Å². The maximum atomic E-state index is 12.3. The highest BCUT2D eigenvalue weighted by Crippen LogP contribution is 2.35. The van der Waals surface area contributed by atoms with Gasteiger partial charge in [0.1, 0.15) is 5.75 Å². The zero-order chi connectivity index (χ0) is 20.7. The van der Waals surface area contributed by atoms with Gasteiger partial charge in [0.15, 0.2) is 23.9 Å². The monoisotopic (exact) mass is 403 g/mol. The minimum Gasteiger partial charge on any atom is -0.503 e. The van der Waals surface area contributed by atoms with Crippen molar-refractivity contribution < 1.29 is 24.2 Å². The van der Waals surface area contributed by atoms with Crippen LogP contribution >= 0.6 is 11.6 Å². The molecule has 0 unspecified atom stereocenters. The van der Waals surface area contributed by atoms with E-state index in [1.807, 2.05) is 0 Å². The van der Waals surface area contributed by atoms with Crippen molar-refractivity contribution in [2.45, 2.75) is 6.92 Å². The Hall–Kier alpha value is -2.99. The van der Waals surface area contributed by atoms with Crippen molar-refractivity contribution in [2.24, 2.45) is 0 Å². The van der Waals surface area contributed by atoms with Gasteiger partial charge >= 0.3 is 0 Å². The van der Waals surface area contributed by atoms with Gasteiger partial charge in [-0.1, -0.05) is 17.7 Å². The first kappa shape index (κ1) is 21.3. The fourth-order valence-electron chi connectivity index (χ4n) is 2.21. The highest BCUT2D eigenvalue weighted by Gasteiger charge is 2.09. The normalized spacial score (nSPS) is 10.7. The average Bonchev–Trinajstić information content (AvgIpc) is 2.68. The number of amides is 1. The lowest BCUT2D eigenvalue weighted by Gasteiger charge is -2.11. The van der Waals surface area contributed by atoms with Crippen LogP contribution in [0.2, 0.25) is 5.02 Å². The molecule has 0 aromatic heterocycles. The maximum Gasteiger partial charge on any atom is 0.259 e. The average molecular weight is 404 g/mol.